The summed E-state index contributed by atoms with van der Waals surface area (Å²) in [7, 11) is 2.04. The summed E-state index contributed by atoms with van der Waals surface area (Å²) in [5.41, 5.74) is 8.21. The van der Waals surface area contributed by atoms with Crippen LogP contribution in [0.2, 0.25) is 0 Å². The van der Waals surface area contributed by atoms with Crippen LogP contribution in [0, 0.1) is 19.7 Å². The highest BCUT2D eigenvalue weighted by Crippen LogP contribution is 2.29. The fourth-order valence-corrected chi connectivity index (χ4v) is 3.54. The number of aryl methyl sites for hydroxylation is 2. The second kappa shape index (κ2) is 6.48. The lowest BCUT2D eigenvalue weighted by molar-refractivity contribution is 0.241. The molecule has 2 nitrogen and oxygen atoms in total. The molecule has 1 atom stereocenters. The van der Waals surface area contributed by atoms with Crippen molar-refractivity contribution in [3.05, 3.63) is 57.0 Å². The Morgan fingerprint density at radius 2 is 2.05 bits per heavy atom. The molecule has 0 amide bonds. The van der Waals surface area contributed by atoms with E-state index in [4.69, 9.17) is 5.73 Å². The Labute approximate surface area is 124 Å². The highest BCUT2D eigenvalue weighted by molar-refractivity contribution is 7.12. The van der Waals surface area contributed by atoms with Gasteiger partial charge in [0.1, 0.15) is 5.82 Å². The number of benzene rings is 1. The molecule has 2 aromatic rings. The summed E-state index contributed by atoms with van der Waals surface area (Å²) in [6.07, 6.45) is 0. The second-order valence-corrected chi connectivity index (χ2v) is 6.63. The molecule has 0 bridgehead atoms. The average molecular weight is 292 g/mol. The molecule has 1 aromatic heterocycles. The van der Waals surface area contributed by atoms with Crippen molar-refractivity contribution >= 4 is 11.3 Å². The first kappa shape index (κ1) is 15.2. The van der Waals surface area contributed by atoms with Crippen LogP contribution in [0.3, 0.4) is 0 Å². The van der Waals surface area contributed by atoms with Crippen LogP contribution in [0.1, 0.15) is 26.9 Å². The normalized spacial score (nSPS) is 12.9. The van der Waals surface area contributed by atoms with Gasteiger partial charge in [-0.3, -0.25) is 4.90 Å². The standard InChI is InChI=1S/C16H21FN2S/c1-11-7-15(12(2)20-11)16(9-18)19(3)10-13-5-4-6-14(17)8-13/h4-8,16H,9-10,18H2,1-3H3. The fraction of sp³-hybridized carbons (Fsp3) is 0.375. The van der Waals surface area contributed by atoms with E-state index in [0.29, 0.717) is 13.1 Å². The minimum Gasteiger partial charge on any atom is -0.329 e. The van der Waals surface area contributed by atoms with Gasteiger partial charge in [0.2, 0.25) is 0 Å². The molecule has 2 N–H and O–H groups in total. The SMILES string of the molecule is Cc1cc(C(CN)N(C)Cc2cccc(F)c2)c(C)s1. The van der Waals surface area contributed by atoms with Gasteiger partial charge < -0.3 is 5.73 Å². The van der Waals surface area contributed by atoms with Crippen molar-refractivity contribution in [1.82, 2.24) is 4.90 Å². The molecule has 4 heteroatoms. The van der Waals surface area contributed by atoms with E-state index >= 15 is 0 Å². The largest absolute Gasteiger partial charge is 0.329 e. The van der Waals surface area contributed by atoms with Crippen LogP contribution in [-0.4, -0.2) is 18.5 Å². The van der Waals surface area contributed by atoms with Crippen LogP contribution < -0.4 is 5.73 Å². The maximum atomic E-state index is 13.2. The van der Waals surface area contributed by atoms with Crippen LogP contribution in [0.5, 0.6) is 0 Å². The summed E-state index contributed by atoms with van der Waals surface area (Å²) < 4.78 is 13.2. The van der Waals surface area contributed by atoms with Gasteiger partial charge in [-0.25, -0.2) is 4.39 Å². The second-order valence-electron chi connectivity index (χ2n) is 5.17. The van der Waals surface area contributed by atoms with E-state index in [-0.39, 0.29) is 11.9 Å². The van der Waals surface area contributed by atoms with E-state index < -0.39 is 0 Å². The molecule has 1 unspecified atom stereocenters. The van der Waals surface area contributed by atoms with E-state index in [0.717, 1.165) is 5.56 Å². The molecule has 1 aromatic carbocycles. The van der Waals surface area contributed by atoms with Crippen molar-refractivity contribution in [3.8, 4) is 0 Å². The summed E-state index contributed by atoms with van der Waals surface area (Å²) in [6, 6.07) is 9.11. The molecular weight excluding hydrogens is 271 g/mol. The Hall–Kier alpha value is -1.23. The third-order valence-corrected chi connectivity index (χ3v) is 4.50. The lowest BCUT2D eigenvalue weighted by atomic mass is 10.1. The van der Waals surface area contributed by atoms with Crippen molar-refractivity contribution in [2.75, 3.05) is 13.6 Å². The van der Waals surface area contributed by atoms with E-state index in [1.165, 1.54) is 21.4 Å². The monoisotopic (exact) mass is 292 g/mol. The number of hydrogen-bond acceptors (Lipinski definition) is 3. The molecule has 0 saturated heterocycles. The molecular formula is C16H21FN2S. The van der Waals surface area contributed by atoms with Gasteiger partial charge in [-0.2, -0.15) is 0 Å². The molecule has 0 fully saturated rings. The Bertz CT molecular complexity index is 580. The summed E-state index contributed by atoms with van der Waals surface area (Å²) in [5.74, 6) is -0.192. The highest BCUT2D eigenvalue weighted by atomic mass is 32.1. The van der Waals surface area contributed by atoms with Gasteiger partial charge in [0.25, 0.3) is 0 Å². The molecule has 0 aliphatic rings. The van der Waals surface area contributed by atoms with Gasteiger partial charge in [0.15, 0.2) is 0 Å². The first-order chi connectivity index (χ1) is 9.51. The Morgan fingerprint density at radius 3 is 2.60 bits per heavy atom. The summed E-state index contributed by atoms with van der Waals surface area (Å²) >= 11 is 1.80. The summed E-state index contributed by atoms with van der Waals surface area (Å²) in [4.78, 5) is 4.79. The van der Waals surface area contributed by atoms with E-state index in [9.17, 15) is 4.39 Å². The Balaban J connectivity index is 2.17. The predicted octanol–water partition coefficient (Wildman–Crippen LogP) is 3.64. The van der Waals surface area contributed by atoms with Crippen LogP contribution in [0.15, 0.2) is 30.3 Å². The molecule has 0 aliphatic heterocycles. The van der Waals surface area contributed by atoms with Crippen molar-refractivity contribution in [2.24, 2.45) is 5.73 Å². The molecule has 1 heterocycles. The number of hydrogen-bond donors (Lipinski definition) is 1. The van der Waals surface area contributed by atoms with Crippen molar-refractivity contribution in [1.29, 1.82) is 0 Å². The Kier molecular flexibility index (Phi) is 4.91. The Morgan fingerprint density at radius 1 is 1.30 bits per heavy atom. The van der Waals surface area contributed by atoms with Gasteiger partial charge in [0, 0.05) is 28.9 Å². The zero-order valence-electron chi connectivity index (χ0n) is 12.2. The molecule has 0 saturated carbocycles. The lowest BCUT2D eigenvalue weighted by Crippen LogP contribution is -2.30. The van der Waals surface area contributed by atoms with Crippen LogP contribution in [-0.2, 0) is 6.54 Å². The summed E-state index contributed by atoms with van der Waals surface area (Å²) in [6.45, 7) is 5.49. The molecule has 108 valence electrons. The number of rotatable bonds is 5. The minimum atomic E-state index is -0.192. The van der Waals surface area contributed by atoms with Crippen LogP contribution in [0.25, 0.3) is 0 Å². The maximum absolute atomic E-state index is 13.2. The maximum Gasteiger partial charge on any atom is 0.123 e. The summed E-state index contributed by atoms with van der Waals surface area (Å²) in [5, 5.41) is 0. The van der Waals surface area contributed by atoms with E-state index in [1.807, 2.05) is 13.1 Å². The predicted molar refractivity (Wildman–Crippen MR) is 83.5 cm³/mol. The molecule has 20 heavy (non-hydrogen) atoms. The molecule has 0 spiro atoms. The zero-order valence-corrected chi connectivity index (χ0v) is 13.0. The van der Waals surface area contributed by atoms with Crippen molar-refractivity contribution < 1.29 is 4.39 Å². The topological polar surface area (TPSA) is 29.3 Å². The first-order valence-corrected chi connectivity index (χ1v) is 7.54. The quantitative estimate of drug-likeness (QED) is 0.911. The van der Waals surface area contributed by atoms with Gasteiger partial charge >= 0.3 is 0 Å². The van der Waals surface area contributed by atoms with Crippen molar-refractivity contribution in [2.45, 2.75) is 26.4 Å². The van der Waals surface area contributed by atoms with E-state index in [2.05, 4.69) is 24.8 Å². The third-order valence-electron chi connectivity index (χ3n) is 3.51. The van der Waals surface area contributed by atoms with Gasteiger partial charge in [0.05, 0.1) is 0 Å². The number of thiophene rings is 1. The molecule has 0 aliphatic carbocycles. The smallest absolute Gasteiger partial charge is 0.123 e. The number of halogens is 1. The zero-order chi connectivity index (χ0) is 14.7. The minimum absolute atomic E-state index is 0.170. The molecule has 2 rings (SSSR count). The van der Waals surface area contributed by atoms with Crippen molar-refractivity contribution in [3.63, 3.8) is 0 Å². The van der Waals surface area contributed by atoms with Gasteiger partial charge in [-0.15, -0.1) is 11.3 Å². The third kappa shape index (κ3) is 3.45. The number of nitrogens with two attached hydrogens (primary N) is 1. The van der Waals surface area contributed by atoms with Gasteiger partial charge in [-0.05, 0) is 50.2 Å². The van der Waals surface area contributed by atoms with Crippen LogP contribution >= 0.6 is 11.3 Å². The average Bonchev–Trinajstić information content (AvgIpc) is 2.69. The van der Waals surface area contributed by atoms with Gasteiger partial charge in [-0.1, -0.05) is 12.1 Å². The lowest BCUT2D eigenvalue weighted by Gasteiger charge is -2.27. The van der Waals surface area contributed by atoms with E-state index in [1.54, 1.807) is 23.5 Å². The first-order valence-electron chi connectivity index (χ1n) is 6.73. The molecule has 0 radical (unpaired) electrons. The number of nitrogens with zero attached hydrogens (tertiary/aromatic N) is 1. The van der Waals surface area contributed by atoms with Crippen LogP contribution in [0.4, 0.5) is 4.39 Å². The highest BCUT2D eigenvalue weighted by Gasteiger charge is 2.19. The number of likely N-dealkylation sites (N-methyl/N-ethyl adjacent to an activating group) is 1. The fourth-order valence-electron chi connectivity index (χ4n) is 2.56.